The fraction of sp³-hybridized carbons (Fsp3) is 0.471. The zero-order valence-corrected chi connectivity index (χ0v) is 11.7. The highest BCUT2D eigenvalue weighted by Gasteiger charge is 2.38. The average Bonchev–Trinajstić information content (AvgIpc) is 2.42. The van der Waals surface area contributed by atoms with Crippen LogP contribution in [0.3, 0.4) is 0 Å². The Kier molecular flexibility index (Phi) is 2.86. The van der Waals surface area contributed by atoms with Crippen LogP contribution in [0.4, 0.5) is 0 Å². The summed E-state index contributed by atoms with van der Waals surface area (Å²) in [6.07, 6.45) is 5.59. The Bertz CT molecular complexity index is 588. The van der Waals surface area contributed by atoms with Crippen molar-refractivity contribution >= 4 is 10.9 Å². The van der Waals surface area contributed by atoms with Crippen molar-refractivity contribution in [1.82, 2.24) is 4.98 Å². The van der Waals surface area contributed by atoms with Gasteiger partial charge < -0.3 is 5.11 Å². The number of hydrogen-bond acceptors (Lipinski definition) is 2. The minimum Gasteiger partial charge on any atom is -0.385 e. The first-order valence-corrected chi connectivity index (χ1v) is 7.07. The Morgan fingerprint density at radius 1 is 1.00 bits per heavy atom. The predicted octanol–water partition coefficient (Wildman–Crippen LogP) is 4.02. The van der Waals surface area contributed by atoms with Gasteiger partial charge in [-0.05, 0) is 37.2 Å². The molecule has 1 fully saturated rings. The van der Waals surface area contributed by atoms with Gasteiger partial charge in [0, 0.05) is 17.1 Å². The van der Waals surface area contributed by atoms with Crippen LogP contribution in [-0.4, -0.2) is 10.1 Å². The summed E-state index contributed by atoms with van der Waals surface area (Å²) in [5.41, 5.74) is 1.60. The number of pyridine rings is 1. The molecular weight excluding hydrogens is 234 g/mol. The lowest BCUT2D eigenvalue weighted by atomic mass is 9.68. The quantitative estimate of drug-likeness (QED) is 0.834. The van der Waals surface area contributed by atoms with Gasteiger partial charge in [0.15, 0.2) is 0 Å². The Morgan fingerprint density at radius 3 is 2.42 bits per heavy atom. The molecule has 0 aliphatic heterocycles. The molecule has 1 aromatic carbocycles. The molecule has 0 atom stereocenters. The van der Waals surface area contributed by atoms with E-state index in [2.05, 4.69) is 31.0 Å². The number of para-hydroxylation sites is 1. The van der Waals surface area contributed by atoms with E-state index >= 15 is 0 Å². The molecule has 0 spiro atoms. The zero-order valence-electron chi connectivity index (χ0n) is 11.7. The minimum atomic E-state index is -0.705. The van der Waals surface area contributed by atoms with E-state index in [-0.39, 0.29) is 0 Å². The van der Waals surface area contributed by atoms with Crippen molar-refractivity contribution in [1.29, 1.82) is 0 Å². The number of rotatable bonds is 1. The number of aliphatic hydroxyl groups is 1. The molecule has 3 rings (SSSR count). The maximum atomic E-state index is 11.0. The lowest BCUT2D eigenvalue weighted by Gasteiger charge is -2.40. The summed E-state index contributed by atoms with van der Waals surface area (Å²) in [6, 6.07) is 10.1. The fourth-order valence-corrected chi connectivity index (χ4v) is 3.09. The molecule has 2 aromatic rings. The van der Waals surface area contributed by atoms with Crippen molar-refractivity contribution in [3.8, 4) is 0 Å². The van der Waals surface area contributed by atoms with Gasteiger partial charge in [0.2, 0.25) is 0 Å². The van der Waals surface area contributed by atoms with Crippen LogP contribution in [0.1, 0.15) is 45.1 Å². The van der Waals surface area contributed by atoms with E-state index in [1.54, 1.807) is 0 Å². The summed E-state index contributed by atoms with van der Waals surface area (Å²) in [4.78, 5) is 4.48. The summed E-state index contributed by atoms with van der Waals surface area (Å²) in [7, 11) is 0. The van der Waals surface area contributed by atoms with Gasteiger partial charge in [-0.15, -0.1) is 0 Å². The van der Waals surface area contributed by atoms with Crippen LogP contribution in [0.25, 0.3) is 10.9 Å². The van der Waals surface area contributed by atoms with E-state index < -0.39 is 5.60 Å². The summed E-state index contributed by atoms with van der Waals surface area (Å²) in [6.45, 7) is 4.57. The summed E-state index contributed by atoms with van der Waals surface area (Å²) >= 11 is 0. The molecular formula is C17H21NO. The Hall–Kier alpha value is -1.41. The highest BCUT2D eigenvalue weighted by atomic mass is 16.3. The fourth-order valence-electron chi connectivity index (χ4n) is 3.09. The van der Waals surface area contributed by atoms with Crippen LogP contribution in [0.2, 0.25) is 0 Å². The molecule has 1 aromatic heterocycles. The summed E-state index contributed by atoms with van der Waals surface area (Å²) in [5.74, 6) is 0. The average molecular weight is 255 g/mol. The Labute approximate surface area is 114 Å². The van der Waals surface area contributed by atoms with Crippen molar-refractivity contribution in [2.45, 2.75) is 45.1 Å². The van der Waals surface area contributed by atoms with E-state index in [1.165, 1.54) is 0 Å². The molecule has 1 N–H and O–H groups in total. The third kappa shape index (κ3) is 2.25. The SMILES string of the molecule is CC1(C)CCC(O)(c2cccc3cccnc23)CC1. The first-order valence-electron chi connectivity index (χ1n) is 7.07. The molecule has 0 radical (unpaired) electrons. The molecule has 1 saturated carbocycles. The van der Waals surface area contributed by atoms with Gasteiger partial charge in [0.1, 0.15) is 0 Å². The van der Waals surface area contributed by atoms with Crippen molar-refractivity contribution in [2.75, 3.05) is 0 Å². The Balaban J connectivity index is 2.05. The predicted molar refractivity (Wildman–Crippen MR) is 77.9 cm³/mol. The highest BCUT2D eigenvalue weighted by Crippen LogP contribution is 2.46. The highest BCUT2D eigenvalue weighted by molar-refractivity contribution is 5.82. The van der Waals surface area contributed by atoms with E-state index in [0.717, 1.165) is 42.1 Å². The van der Waals surface area contributed by atoms with Crippen LogP contribution < -0.4 is 0 Å². The van der Waals surface area contributed by atoms with Crippen LogP contribution in [0.15, 0.2) is 36.5 Å². The van der Waals surface area contributed by atoms with Gasteiger partial charge in [-0.2, -0.15) is 0 Å². The molecule has 0 unspecified atom stereocenters. The third-order valence-electron chi connectivity index (χ3n) is 4.56. The van der Waals surface area contributed by atoms with E-state index in [4.69, 9.17) is 0 Å². The van der Waals surface area contributed by atoms with Gasteiger partial charge in [0.05, 0.1) is 11.1 Å². The van der Waals surface area contributed by atoms with Gasteiger partial charge in [-0.1, -0.05) is 38.1 Å². The van der Waals surface area contributed by atoms with Crippen LogP contribution in [0.5, 0.6) is 0 Å². The monoisotopic (exact) mass is 255 g/mol. The lowest BCUT2D eigenvalue weighted by Crippen LogP contribution is -2.34. The first kappa shape index (κ1) is 12.6. The molecule has 2 nitrogen and oxygen atoms in total. The maximum absolute atomic E-state index is 11.0. The second-order valence-electron chi connectivity index (χ2n) is 6.58. The lowest BCUT2D eigenvalue weighted by molar-refractivity contribution is -0.0295. The van der Waals surface area contributed by atoms with Crippen molar-refractivity contribution in [2.24, 2.45) is 5.41 Å². The number of hydrogen-bond donors (Lipinski definition) is 1. The molecule has 1 aliphatic rings. The number of aromatic nitrogens is 1. The topological polar surface area (TPSA) is 33.1 Å². The molecule has 0 amide bonds. The molecule has 0 saturated heterocycles. The van der Waals surface area contributed by atoms with Crippen LogP contribution >= 0.6 is 0 Å². The third-order valence-corrected chi connectivity index (χ3v) is 4.56. The Morgan fingerprint density at radius 2 is 1.68 bits per heavy atom. The van der Waals surface area contributed by atoms with E-state index in [0.29, 0.717) is 5.41 Å². The smallest absolute Gasteiger partial charge is 0.0918 e. The van der Waals surface area contributed by atoms with Crippen molar-refractivity contribution in [3.05, 3.63) is 42.1 Å². The van der Waals surface area contributed by atoms with Crippen molar-refractivity contribution < 1.29 is 5.11 Å². The van der Waals surface area contributed by atoms with Crippen LogP contribution in [0, 0.1) is 5.41 Å². The normalized spacial score (nSPS) is 21.4. The number of nitrogens with zero attached hydrogens (tertiary/aromatic N) is 1. The van der Waals surface area contributed by atoms with Crippen molar-refractivity contribution in [3.63, 3.8) is 0 Å². The second kappa shape index (κ2) is 4.31. The van der Waals surface area contributed by atoms with Gasteiger partial charge in [0.25, 0.3) is 0 Å². The standard InChI is InChI=1S/C17H21NO/c1-16(2)8-10-17(19,11-9-16)14-7-3-5-13-6-4-12-18-15(13)14/h3-7,12,19H,8-11H2,1-2H3. The van der Waals surface area contributed by atoms with Gasteiger partial charge in [-0.3, -0.25) is 4.98 Å². The van der Waals surface area contributed by atoms with Crippen LogP contribution in [-0.2, 0) is 5.60 Å². The zero-order chi connectivity index (χ0) is 13.5. The number of fused-ring (bicyclic) bond motifs is 1. The molecule has 2 heteroatoms. The van der Waals surface area contributed by atoms with E-state index in [1.807, 2.05) is 24.4 Å². The maximum Gasteiger partial charge on any atom is 0.0918 e. The molecule has 1 aliphatic carbocycles. The molecule has 100 valence electrons. The van der Waals surface area contributed by atoms with Gasteiger partial charge in [-0.25, -0.2) is 0 Å². The summed E-state index contributed by atoms with van der Waals surface area (Å²) in [5, 5.41) is 12.1. The second-order valence-corrected chi connectivity index (χ2v) is 6.58. The largest absolute Gasteiger partial charge is 0.385 e. The summed E-state index contributed by atoms with van der Waals surface area (Å²) < 4.78 is 0. The van der Waals surface area contributed by atoms with E-state index in [9.17, 15) is 5.11 Å². The van der Waals surface area contributed by atoms with Gasteiger partial charge >= 0.3 is 0 Å². The molecule has 1 heterocycles. The number of benzene rings is 1. The molecule has 19 heavy (non-hydrogen) atoms. The molecule has 0 bridgehead atoms. The minimum absolute atomic E-state index is 0.351. The first-order chi connectivity index (χ1) is 9.00.